The van der Waals surface area contributed by atoms with Crippen LogP contribution in [0.25, 0.3) is 0 Å². The zero-order valence-electron chi connectivity index (χ0n) is 9.99. The summed E-state index contributed by atoms with van der Waals surface area (Å²) in [5.74, 6) is -0.752. The third-order valence-electron chi connectivity index (χ3n) is 2.46. The highest BCUT2D eigenvalue weighted by Gasteiger charge is 1.98. The van der Waals surface area contributed by atoms with Crippen molar-refractivity contribution in [3.8, 4) is 0 Å². The number of nitrogens with one attached hydrogen (secondary N) is 2. The van der Waals surface area contributed by atoms with E-state index in [0.717, 1.165) is 17.7 Å². The normalized spacial score (nSPS) is 10.2. The molecule has 17 heavy (non-hydrogen) atoms. The highest BCUT2D eigenvalue weighted by atomic mass is 16.4. The van der Waals surface area contributed by atoms with Gasteiger partial charge in [-0.05, 0) is 31.0 Å². The van der Waals surface area contributed by atoms with E-state index in [1.54, 1.807) is 6.92 Å². The summed E-state index contributed by atoms with van der Waals surface area (Å²) < 4.78 is 0. The predicted octanol–water partition coefficient (Wildman–Crippen LogP) is 2.03. The Labute approximate surface area is 101 Å². The standard InChI is InChI=1S/C13H18N2O2/c1-10(14)12-6-4-11(5-7-12)9-15-8-2-3-13(16)17/h4-7,14-15H,2-3,8-9H2,1H3,(H,16,17). The molecule has 0 saturated carbocycles. The van der Waals surface area contributed by atoms with Crippen molar-refractivity contribution in [3.63, 3.8) is 0 Å². The van der Waals surface area contributed by atoms with E-state index in [2.05, 4.69) is 5.32 Å². The monoisotopic (exact) mass is 234 g/mol. The van der Waals surface area contributed by atoms with Crippen LogP contribution < -0.4 is 5.32 Å². The molecule has 3 N–H and O–H groups in total. The van der Waals surface area contributed by atoms with E-state index in [1.165, 1.54) is 0 Å². The Kier molecular flexibility index (Phi) is 5.36. The molecule has 0 aliphatic carbocycles. The molecule has 0 aliphatic heterocycles. The second-order valence-corrected chi connectivity index (χ2v) is 4.00. The fourth-order valence-electron chi connectivity index (χ4n) is 1.47. The van der Waals surface area contributed by atoms with E-state index in [1.807, 2.05) is 24.3 Å². The molecule has 0 fully saturated rings. The average Bonchev–Trinajstić information content (AvgIpc) is 2.29. The van der Waals surface area contributed by atoms with Gasteiger partial charge < -0.3 is 15.8 Å². The first-order valence-electron chi connectivity index (χ1n) is 5.66. The van der Waals surface area contributed by atoms with E-state index in [-0.39, 0.29) is 6.42 Å². The summed E-state index contributed by atoms with van der Waals surface area (Å²) >= 11 is 0. The average molecular weight is 234 g/mol. The Balaban J connectivity index is 2.27. The van der Waals surface area contributed by atoms with Crippen LogP contribution in [0.1, 0.15) is 30.9 Å². The second-order valence-electron chi connectivity index (χ2n) is 4.00. The van der Waals surface area contributed by atoms with Crippen molar-refractivity contribution >= 4 is 11.7 Å². The third-order valence-corrected chi connectivity index (χ3v) is 2.46. The van der Waals surface area contributed by atoms with Gasteiger partial charge in [0.25, 0.3) is 0 Å². The molecule has 1 aromatic rings. The lowest BCUT2D eigenvalue weighted by Crippen LogP contribution is -2.15. The third kappa shape index (κ3) is 5.26. The lowest BCUT2D eigenvalue weighted by molar-refractivity contribution is -0.137. The number of hydrogen-bond donors (Lipinski definition) is 3. The number of carboxylic acid groups (broad SMARTS) is 1. The maximum Gasteiger partial charge on any atom is 0.303 e. The topological polar surface area (TPSA) is 73.2 Å². The van der Waals surface area contributed by atoms with Crippen molar-refractivity contribution in [1.29, 1.82) is 5.41 Å². The molecule has 0 aromatic heterocycles. The van der Waals surface area contributed by atoms with Crippen molar-refractivity contribution in [2.75, 3.05) is 6.54 Å². The van der Waals surface area contributed by atoms with E-state index in [4.69, 9.17) is 10.5 Å². The van der Waals surface area contributed by atoms with Crippen molar-refractivity contribution < 1.29 is 9.90 Å². The largest absolute Gasteiger partial charge is 0.481 e. The summed E-state index contributed by atoms with van der Waals surface area (Å²) in [5, 5.41) is 19.1. The fraction of sp³-hybridized carbons (Fsp3) is 0.385. The molecule has 1 aromatic carbocycles. The van der Waals surface area contributed by atoms with Gasteiger partial charge in [-0.2, -0.15) is 0 Å². The van der Waals surface area contributed by atoms with Crippen LogP contribution in [0.2, 0.25) is 0 Å². The van der Waals surface area contributed by atoms with Gasteiger partial charge in [0.1, 0.15) is 0 Å². The number of hydrogen-bond acceptors (Lipinski definition) is 3. The van der Waals surface area contributed by atoms with E-state index in [9.17, 15) is 4.79 Å². The molecule has 0 radical (unpaired) electrons. The van der Waals surface area contributed by atoms with Gasteiger partial charge in [0.2, 0.25) is 0 Å². The zero-order valence-corrected chi connectivity index (χ0v) is 9.99. The highest BCUT2D eigenvalue weighted by Crippen LogP contribution is 2.04. The number of carboxylic acids is 1. The summed E-state index contributed by atoms with van der Waals surface area (Å²) in [7, 11) is 0. The van der Waals surface area contributed by atoms with Crippen molar-refractivity contribution in [2.24, 2.45) is 0 Å². The molecule has 0 bridgehead atoms. The van der Waals surface area contributed by atoms with E-state index >= 15 is 0 Å². The summed E-state index contributed by atoms with van der Waals surface area (Å²) in [5.41, 5.74) is 2.64. The van der Waals surface area contributed by atoms with Crippen molar-refractivity contribution in [3.05, 3.63) is 35.4 Å². The summed E-state index contributed by atoms with van der Waals surface area (Å²) in [6.07, 6.45) is 0.853. The smallest absolute Gasteiger partial charge is 0.303 e. The molecule has 4 heteroatoms. The Morgan fingerprint density at radius 2 is 2.00 bits per heavy atom. The Morgan fingerprint density at radius 3 is 2.53 bits per heavy atom. The molecule has 0 aliphatic rings. The SMILES string of the molecule is CC(=N)c1ccc(CNCCCC(=O)O)cc1. The molecule has 0 unspecified atom stereocenters. The summed E-state index contributed by atoms with van der Waals surface area (Å²) in [6, 6.07) is 7.82. The maximum atomic E-state index is 10.3. The number of benzene rings is 1. The molecule has 0 spiro atoms. The lowest BCUT2D eigenvalue weighted by Gasteiger charge is -2.05. The van der Waals surface area contributed by atoms with Gasteiger partial charge in [0.15, 0.2) is 0 Å². The molecule has 1 rings (SSSR count). The highest BCUT2D eigenvalue weighted by molar-refractivity contribution is 5.96. The van der Waals surface area contributed by atoms with Gasteiger partial charge in [-0.15, -0.1) is 0 Å². The van der Waals surface area contributed by atoms with Gasteiger partial charge in [0.05, 0.1) is 0 Å². The lowest BCUT2D eigenvalue weighted by atomic mass is 10.1. The molecule has 4 nitrogen and oxygen atoms in total. The van der Waals surface area contributed by atoms with Gasteiger partial charge in [-0.1, -0.05) is 24.3 Å². The zero-order chi connectivity index (χ0) is 12.7. The molecule has 0 atom stereocenters. The van der Waals surface area contributed by atoms with Gasteiger partial charge in [0, 0.05) is 18.7 Å². The first-order valence-corrected chi connectivity index (χ1v) is 5.66. The van der Waals surface area contributed by atoms with Gasteiger partial charge in [-0.25, -0.2) is 0 Å². The van der Waals surface area contributed by atoms with Crippen LogP contribution in [-0.4, -0.2) is 23.3 Å². The van der Waals surface area contributed by atoms with Crippen LogP contribution in [0, 0.1) is 5.41 Å². The van der Waals surface area contributed by atoms with Crippen molar-refractivity contribution in [2.45, 2.75) is 26.3 Å². The first kappa shape index (κ1) is 13.4. The number of carbonyl (C=O) groups is 1. The predicted molar refractivity (Wildman–Crippen MR) is 67.5 cm³/mol. The Hall–Kier alpha value is -1.68. The molecule has 92 valence electrons. The van der Waals surface area contributed by atoms with Gasteiger partial charge in [-0.3, -0.25) is 4.79 Å². The van der Waals surface area contributed by atoms with Crippen LogP contribution >= 0.6 is 0 Å². The summed E-state index contributed by atoms with van der Waals surface area (Å²) in [6.45, 7) is 3.20. The molecular formula is C13H18N2O2. The van der Waals surface area contributed by atoms with Crippen LogP contribution in [0.5, 0.6) is 0 Å². The van der Waals surface area contributed by atoms with Crippen LogP contribution in [0.3, 0.4) is 0 Å². The maximum absolute atomic E-state index is 10.3. The molecular weight excluding hydrogens is 216 g/mol. The molecule has 0 heterocycles. The van der Waals surface area contributed by atoms with E-state index < -0.39 is 5.97 Å². The fourth-order valence-corrected chi connectivity index (χ4v) is 1.47. The van der Waals surface area contributed by atoms with Crippen molar-refractivity contribution in [1.82, 2.24) is 5.32 Å². The molecule has 0 saturated heterocycles. The van der Waals surface area contributed by atoms with Gasteiger partial charge >= 0.3 is 5.97 Å². The minimum atomic E-state index is -0.752. The minimum Gasteiger partial charge on any atom is -0.481 e. The van der Waals surface area contributed by atoms with Crippen LogP contribution in [-0.2, 0) is 11.3 Å². The quantitative estimate of drug-likeness (QED) is 0.499. The Bertz CT molecular complexity index is 385. The first-order chi connectivity index (χ1) is 8.09. The summed E-state index contributed by atoms with van der Waals surface area (Å²) in [4.78, 5) is 10.3. The number of aliphatic carboxylic acids is 1. The van der Waals surface area contributed by atoms with E-state index in [0.29, 0.717) is 18.7 Å². The Morgan fingerprint density at radius 1 is 1.35 bits per heavy atom. The second kappa shape index (κ2) is 6.81. The minimum absolute atomic E-state index is 0.207. The van der Waals surface area contributed by atoms with Crippen LogP contribution in [0.4, 0.5) is 0 Å². The number of rotatable bonds is 7. The van der Waals surface area contributed by atoms with Crippen LogP contribution in [0.15, 0.2) is 24.3 Å². The molecule has 0 amide bonds.